The zero-order valence-corrected chi connectivity index (χ0v) is 12.1. The SMILES string of the molecule is CCC1CCC(CNC(=O)c2ccc(C#N)cc2)CC1. The summed E-state index contributed by atoms with van der Waals surface area (Å²) in [4.78, 5) is 12.0. The van der Waals surface area contributed by atoms with Gasteiger partial charge in [-0.05, 0) is 48.9 Å². The van der Waals surface area contributed by atoms with E-state index in [1.165, 1.54) is 32.1 Å². The number of rotatable bonds is 4. The van der Waals surface area contributed by atoms with Gasteiger partial charge in [0.2, 0.25) is 0 Å². The van der Waals surface area contributed by atoms with Gasteiger partial charge >= 0.3 is 0 Å². The van der Waals surface area contributed by atoms with Crippen molar-refractivity contribution >= 4 is 5.91 Å². The van der Waals surface area contributed by atoms with Crippen LogP contribution in [0.2, 0.25) is 0 Å². The number of amides is 1. The molecule has 0 radical (unpaired) electrons. The summed E-state index contributed by atoms with van der Waals surface area (Å²) in [6.45, 7) is 3.03. The highest BCUT2D eigenvalue weighted by Gasteiger charge is 2.20. The summed E-state index contributed by atoms with van der Waals surface area (Å²) in [5.41, 5.74) is 1.21. The monoisotopic (exact) mass is 270 g/mol. The molecule has 1 amide bonds. The van der Waals surface area contributed by atoms with Crippen LogP contribution in [-0.4, -0.2) is 12.5 Å². The lowest BCUT2D eigenvalue weighted by Crippen LogP contribution is -2.31. The van der Waals surface area contributed by atoms with Crippen LogP contribution in [0.3, 0.4) is 0 Å². The molecule has 0 heterocycles. The van der Waals surface area contributed by atoms with Crippen LogP contribution in [0.15, 0.2) is 24.3 Å². The van der Waals surface area contributed by atoms with Crippen molar-refractivity contribution in [2.75, 3.05) is 6.54 Å². The van der Waals surface area contributed by atoms with Crippen LogP contribution < -0.4 is 5.32 Å². The van der Waals surface area contributed by atoms with E-state index in [2.05, 4.69) is 18.3 Å². The lowest BCUT2D eigenvalue weighted by molar-refractivity contribution is 0.0941. The molecule has 106 valence electrons. The van der Waals surface area contributed by atoms with E-state index in [9.17, 15) is 4.79 Å². The summed E-state index contributed by atoms with van der Waals surface area (Å²) in [5.74, 6) is 1.48. The first kappa shape index (κ1) is 14.6. The summed E-state index contributed by atoms with van der Waals surface area (Å²) in [5, 5.41) is 11.7. The average Bonchev–Trinajstić information content (AvgIpc) is 2.53. The first-order valence-electron chi connectivity index (χ1n) is 7.51. The summed E-state index contributed by atoms with van der Waals surface area (Å²) in [7, 11) is 0. The maximum absolute atomic E-state index is 12.0. The molecule has 1 aliphatic carbocycles. The van der Waals surface area contributed by atoms with Gasteiger partial charge < -0.3 is 5.32 Å². The lowest BCUT2D eigenvalue weighted by atomic mass is 9.81. The van der Waals surface area contributed by atoms with E-state index in [-0.39, 0.29) is 5.91 Å². The molecule has 3 nitrogen and oxygen atoms in total. The second-order valence-electron chi connectivity index (χ2n) is 5.69. The third kappa shape index (κ3) is 3.84. The van der Waals surface area contributed by atoms with E-state index in [1.54, 1.807) is 24.3 Å². The Balaban J connectivity index is 1.79. The fraction of sp³-hybridized carbons (Fsp3) is 0.529. The van der Waals surface area contributed by atoms with Crippen molar-refractivity contribution in [3.8, 4) is 6.07 Å². The highest BCUT2D eigenvalue weighted by molar-refractivity contribution is 5.94. The van der Waals surface area contributed by atoms with Gasteiger partial charge in [0.15, 0.2) is 0 Å². The minimum Gasteiger partial charge on any atom is -0.352 e. The van der Waals surface area contributed by atoms with E-state index in [0.29, 0.717) is 17.0 Å². The molecule has 0 aliphatic heterocycles. The van der Waals surface area contributed by atoms with Crippen molar-refractivity contribution in [3.05, 3.63) is 35.4 Å². The standard InChI is InChI=1S/C17H22N2O/c1-2-13-3-5-15(6-4-13)12-19-17(20)16-9-7-14(11-18)8-10-16/h7-10,13,15H,2-6,12H2,1H3,(H,19,20). The third-order valence-corrected chi connectivity index (χ3v) is 4.37. The van der Waals surface area contributed by atoms with Crippen LogP contribution >= 0.6 is 0 Å². The Morgan fingerprint density at radius 2 is 1.80 bits per heavy atom. The molecule has 1 aliphatic rings. The van der Waals surface area contributed by atoms with Gasteiger partial charge in [-0.15, -0.1) is 0 Å². The van der Waals surface area contributed by atoms with Crippen molar-refractivity contribution in [2.24, 2.45) is 11.8 Å². The molecule has 1 aromatic rings. The van der Waals surface area contributed by atoms with E-state index in [0.717, 1.165) is 12.5 Å². The zero-order valence-electron chi connectivity index (χ0n) is 12.1. The molecule has 1 aromatic carbocycles. The number of benzene rings is 1. The second-order valence-corrected chi connectivity index (χ2v) is 5.69. The quantitative estimate of drug-likeness (QED) is 0.910. The summed E-state index contributed by atoms with van der Waals surface area (Å²) in [6.07, 6.45) is 6.34. The number of nitrogens with zero attached hydrogens (tertiary/aromatic N) is 1. The normalized spacial score (nSPS) is 22.0. The molecule has 3 heteroatoms. The highest BCUT2D eigenvalue weighted by Crippen LogP contribution is 2.30. The van der Waals surface area contributed by atoms with E-state index < -0.39 is 0 Å². The maximum atomic E-state index is 12.0. The van der Waals surface area contributed by atoms with Crippen LogP contribution in [0, 0.1) is 23.2 Å². The molecule has 1 saturated carbocycles. The second kappa shape index (κ2) is 7.09. The molecule has 1 N–H and O–H groups in total. The van der Waals surface area contributed by atoms with Crippen LogP contribution in [0.5, 0.6) is 0 Å². The first-order valence-corrected chi connectivity index (χ1v) is 7.51. The molecule has 20 heavy (non-hydrogen) atoms. The predicted molar refractivity (Wildman–Crippen MR) is 79.2 cm³/mol. The number of carbonyl (C=O) groups excluding carboxylic acids is 1. The zero-order chi connectivity index (χ0) is 14.4. The van der Waals surface area contributed by atoms with Crippen molar-refractivity contribution < 1.29 is 4.79 Å². The van der Waals surface area contributed by atoms with Crippen molar-refractivity contribution in [3.63, 3.8) is 0 Å². The van der Waals surface area contributed by atoms with Gasteiger partial charge in [0.1, 0.15) is 0 Å². The largest absolute Gasteiger partial charge is 0.352 e. The molecule has 0 atom stereocenters. The number of carbonyl (C=O) groups is 1. The van der Waals surface area contributed by atoms with Gasteiger partial charge in [0.25, 0.3) is 5.91 Å². The Kier molecular flexibility index (Phi) is 5.17. The smallest absolute Gasteiger partial charge is 0.251 e. The molecule has 0 unspecified atom stereocenters. The predicted octanol–water partition coefficient (Wildman–Crippen LogP) is 3.50. The molecular formula is C17H22N2O. The third-order valence-electron chi connectivity index (χ3n) is 4.37. The Hall–Kier alpha value is -1.82. The van der Waals surface area contributed by atoms with Crippen LogP contribution in [0.25, 0.3) is 0 Å². The van der Waals surface area contributed by atoms with Gasteiger partial charge in [-0.3, -0.25) is 4.79 Å². The minimum absolute atomic E-state index is 0.0351. The molecule has 0 bridgehead atoms. The van der Waals surface area contributed by atoms with E-state index in [1.807, 2.05) is 0 Å². The van der Waals surface area contributed by atoms with Gasteiger partial charge in [0, 0.05) is 12.1 Å². The molecule has 0 saturated heterocycles. The van der Waals surface area contributed by atoms with Crippen LogP contribution in [-0.2, 0) is 0 Å². The average molecular weight is 270 g/mol. The molecule has 1 fully saturated rings. The number of nitriles is 1. The lowest BCUT2D eigenvalue weighted by Gasteiger charge is -2.27. The van der Waals surface area contributed by atoms with E-state index in [4.69, 9.17) is 5.26 Å². The van der Waals surface area contributed by atoms with Gasteiger partial charge in [-0.1, -0.05) is 26.2 Å². The topological polar surface area (TPSA) is 52.9 Å². The van der Waals surface area contributed by atoms with Crippen molar-refractivity contribution in [1.29, 1.82) is 5.26 Å². The number of hydrogen-bond donors (Lipinski definition) is 1. The molecule has 2 rings (SSSR count). The van der Waals surface area contributed by atoms with Crippen LogP contribution in [0.4, 0.5) is 0 Å². The van der Waals surface area contributed by atoms with Crippen molar-refractivity contribution in [1.82, 2.24) is 5.32 Å². The summed E-state index contributed by atoms with van der Waals surface area (Å²) in [6, 6.07) is 8.84. The van der Waals surface area contributed by atoms with E-state index >= 15 is 0 Å². The molecule has 0 aromatic heterocycles. The summed E-state index contributed by atoms with van der Waals surface area (Å²) < 4.78 is 0. The van der Waals surface area contributed by atoms with Crippen LogP contribution in [0.1, 0.15) is 54.9 Å². The fourth-order valence-electron chi connectivity index (χ4n) is 2.88. The Morgan fingerprint density at radius 3 is 2.35 bits per heavy atom. The van der Waals surface area contributed by atoms with Gasteiger partial charge in [0.05, 0.1) is 11.6 Å². The number of hydrogen-bond acceptors (Lipinski definition) is 2. The van der Waals surface area contributed by atoms with Gasteiger partial charge in [-0.25, -0.2) is 0 Å². The fourth-order valence-corrected chi connectivity index (χ4v) is 2.88. The highest BCUT2D eigenvalue weighted by atomic mass is 16.1. The molecular weight excluding hydrogens is 248 g/mol. The Bertz CT molecular complexity index is 479. The van der Waals surface area contributed by atoms with Gasteiger partial charge in [-0.2, -0.15) is 5.26 Å². The van der Waals surface area contributed by atoms with Crippen molar-refractivity contribution in [2.45, 2.75) is 39.0 Å². The Morgan fingerprint density at radius 1 is 1.20 bits per heavy atom. The maximum Gasteiger partial charge on any atom is 0.251 e. The minimum atomic E-state index is -0.0351. The molecule has 0 spiro atoms. The Labute approximate surface area is 121 Å². The summed E-state index contributed by atoms with van der Waals surface area (Å²) >= 11 is 0. The first-order chi connectivity index (χ1) is 9.72. The number of nitrogens with one attached hydrogen (secondary N) is 1.